The van der Waals surface area contributed by atoms with Crippen molar-refractivity contribution in [3.63, 3.8) is 0 Å². The van der Waals surface area contributed by atoms with Gasteiger partial charge in [0.25, 0.3) is 0 Å². The van der Waals surface area contributed by atoms with Crippen molar-refractivity contribution in [1.29, 1.82) is 0 Å². The van der Waals surface area contributed by atoms with E-state index in [1.165, 1.54) is 56.3 Å². The molecule has 0 aromatic heterocycles. The van der Waals surface area contributed by atoms with Gasteiger partial charge in [0.15, 0.2) is 0 Å². The molecular formula is C24H43N3O8. The monoisotopic (exact) mass is 501 g/mol. The molecule has 0 heterocycles. The number of carbonyl (C=O) groups is 4. The number of aliphatic carboxylic acids is 4. The third kappa shape index (κ3) is 16.9. The van der Waals surface area contributed by atoms with Gasteiger partial charge in [-0.2, -0.15) is 0 Å². The summed E-state index contributed by atoms with van der Waals surface area (Å²) in [6, 6.07) is 0. The lowest BCUT2D eigenvalue weighted by molar-refractivity contribution is -0.143. The number of nitrogens with zero attached hydrogens (tertiary/aromatic N) is 3. The highest BCUT2D eigenvalue weighted by molar-refractivity contribution is 5.72. The Kier molecular flexibility index (Phi) is 15.9. The maximum Gasteiger partial charge on any atom is 0.317 e. The number of hydrogen-bond donors (Lipinski definition) is 4. The Bertz CT molecular complexity index is 635. The predicted molar refractivity (Wildman–Crippen MR) is 130 cm³/mol. The molecule has 0 aliphatic heterocycles. The third-order valence-corrected chi connectivity index (χ3v) is 6.46. The highest BCUT2D eigenvalue weighted by Crippen LogP contribution is 2.25. The smallest absolute Gasteiger partial charge is 0.317 e. The van der Waals surface area contributed by atoms with E-state index in [-0.39, 0.29) is 32.7 Å². The van der Waals surface area contributed by atoms with Gasteiger partial charge in [-0.1, -0.05) is 51.4 Å². The highest BCUT2D eigenvalue weighted by atomic mass is 16.4. The third-order valence-electron chi connectivity index (χ3n) is 6.46. The minimum Gasteiger partial charge on any atom is -0.480 e. The zero-order valence-electron chi connectivity index (χ0n) is 20.8. The van der Waals surface area contributed by atoms with Gasteiger partial charge in [-0.25, -0.2) is 0 Å². The molecule has 0 spiro atoms. The van der Waals surface area contributed by atoms with Crippen LogP contribution in [-0.2, 0) is 19.2 Å². The van der Waals surface area contributed by atoms with E-state index in [1.54, 1.807) is 4.90 Å². The minimum atomic E-state index is -1.16. The van der Waals surface area contributed by atoms with E-state index in [0.717, 1.165) is 12.8 Å². The second-order valence-electron chi connectivity index (χ2n) is 9.54. The molecule has 11 nitrogen and oxygen atoms in total. The second-order valence-corrected chi connectivity index (χ2v) is 9.54. The molecule has 0 radical (unpaired) electrons. The van der Waals surface area contributed by atoms with E-state index < -0.39 is 37.0 Å². The molecule has 1 saturated carbocycles. The standard InChI is InChI=1S/C24H43N3O8/c28-21(29)16-25(11-7-10-20-8-5-3-1-2-4-6-9-20)12-13-26(17-22(30)31)14-15-27(18-23(32)33)19-24(34)35/h20H,1-19H2,(H,28,29)(H,30,31)(H,32,33)(H,34,35). The van der Waals surface area contributed by atoms with E-state index in [1.807, 2.05) is 4.90 Å². The highest BCUT2D eigenvalue weighted by Gasteiger charge is 2.19. The zero-order chi connectivity index (χ0) is 26.1. The number of carboxylic acids is 4. The van der Waals surface area contributed by atoms with Crippen molar-refractivity contribution in [2.45, 2.75) is 64.2 Å². The van der Waals surface area contributed by atoms with E-state index in [9.17, 15) is 29.4 Å². The van der Waals surface area contributed by atoms with E-state index in [0.29, 0.717) is 19.0 Å². The molecule has 202 valence electrons. The topological polar surface area (TPSA) is 159 Å². The maximum atomic E-state index is 11.4. The SMILES string of the molecule is O=C(O)CN(CCCC1CCCCCCCC1)CCN(CCN(CC(=O)O)CC(=O)O)CC(=O)O. The van der Waals surface area contributed by atoms with Crippen LogP contribution in [0.25, 0.3) is 0 Å². The first-order valence-electron chi connectivity index (χ1n) is 12.7. The van der Waals surface area contributed by atoms with E-state index in [4.69, 9.17) is 10.2 Å². The van der Waals surface area contributed by atoms with Crippen LogP contribution in [0, 0.1) is 5.92 Å². The van der Waals surface area contributed by atoms with Gasteiger partial charge in [0.05, 0.1) is 26.2 Å². The van der Waals surface area contributed by atoms with Gasteiger partial charge in [-0.15, -0.1) is 0 Å². The summed E-state index contributed by atoms with van der Waals surface area (Å²) < 4.78 is 0. The minimum absolute atomic E-state index is 0.0759. The van der Waals surface area contributed by atoms with E-state index in [2.05, 4.69) is 0 Å². The fourth-order valence-corrected chi connectivity index (χ4v) is 4.69. The van der Waals surface area contributed by atoms with E-state index >= 15 is 0 Å². The van der Waals surface area contributed by atoms with Crippen LogP contribution in [0.4, 0.5) is 0 Å². The summed E-state index contributed by atoms with van der Waals surface area (Å²) in [5.41, 5.74) is 0. The number of rotatable bonds is 18. The summed E-state index contributed by atoms with van der Waals surface area (Å²) in [5.74, 6) is -3.64. The molecule has 0 unspecified atom stereocenters. The molecule has 35 heavy (non-hydrogen) atoms. The van der Waals surface area contributed by atoms with Crippen molar-refractivity contribution < 1.29 is 39.6 Å². The van der Waals surface area contributed by atoms with Gasteiger partial charge in [0.2, 0.25) is 0 Å². The van der Waals surface area contributed by atoms with Gasteiger partial charge in [0, 0.05) is 26.2 Å². The van der Waals surface area contributed by atoms with Crippen LogP contribution in [-0.4, -0.2) is 118 Å². The van der Waals surface area contributed by atoms with Crippen molar-refractivity contribution in [3.05, 3.63) is 0 Å². The Morgan fingerprint density at radius 2 is 0.857 bits per heavy atom. The first kappa shape index (κ1) is 30.8. The van der Waals surface area contributed by atoms with Gasteiger partial charge in [-0.05, 0) is 25.3 Å². The van der Waals surface area contributed by atoms with Crippen LogP contribution < -0.4 is 0 Å². The Balaban J connectivity index is 2.60. The van der Waals surface area contributed by atoms with Crippen LogP contribution in [0.15, 0.2) is 0 Å². The van der Waals surface area contributed by atoms with Crippen LogP contribution in [0.3, 0.4) is 0 Å². The molecular weight excluding hydrogens is 458 g/mol. The molecule has 11 heteroatoms. The van der Waals surface area contributed by atoms with Crippen LogP contribution in [0.1, 0.15) is 64.2 Å². The average Bonchev–Trinajstić information content (AvgIpc) is 2.87. The van der Waals surface area contributed by atoms with Gasteiger partial charge in [-0.3, -0.25) is 33.9 Å². The first-order chi connectivity index (χ1) is 16.7. The largest absolute Gasteiger partial charge is 0.480 e. The predicted octanol–water partition coefficient (Wildman–Crippen LogP) is 1.76. The molecule has 0 aromatic rings. The normalized spacial score (nSPS) is 15.6. The van der Waals surface area contributed by atoms with Crippen LogP contribution >= 0.6 is 0 Å². The summed E-state index contributed by atoms with van der Waals surface area (Å²) in [4.78, 5) is 49.3. The molecule has 1 aliphatic rings. The fraction of sp³-hybridized carbons (Fsp3) is 0.833. The van der Waals surface area contributed by atoms with Crippen molar-refractivity contribution in [1.82, 2.24) is 14.7 Å². The Morgan fingerprint density at radius 3 is 1.29 bits per heavy atom. The number of carboxylic acid groups (broad SMARTS) is 4. The van der Waals surface area contributed by atoms with Crippen molar-refractivity contribution in [3.8, 4) is 0 Å². The second kappa shape index (κ2) is 18.1. The van der Waals surface area contributed by atoms with Crippen LogP contribution in [0.2, 0.25) is 0 Å². The summed E-state index contributed by atoms with van der Waals surface area (Å²) in [6.45, 7) is 0.168. The van der Waals surface area contributed by atoms with Gasteiger partial charge in [0.1, 0.15) is 0 Å². The lowest BCUT2D eigenvalue weighted by atomic mass is 9.92. The summed E-state index contributed by atoms with van der Waals surface area (Å²) in [7, 11) is 0. The molecule has 0 saturated heterocycles. The Labute approximate surface area is 207 Å². The molecule has 1 fully saturated rings. The molecule has 0 amide bonds. The van der Waals surface area contributed by atoms with Crippen molar-refractivity contribution >= 4 is 23.9 Å². The van der Waals surface area contributed by atoms with Crippen molar-refractivity contribution in [2.24, 2.45) is 5.92 Å². The number of hydrogen-bond acceptors (Lipinski definition) is 7. The maximum absolute atomic E-state index is 11.4. The molecule has 4 N–H and O–H groups in total. The quantitative estimate of drug-likeness (QED) is 0.217. The molecule has 1 aliphatic carbocycles. The fourth-order valence-electron chi connectivity index (χ4n) is 4.69. The lowest BCUT2D eigenvalue weighted by Crippen LogP contribution is -2.44. The van der Waals surface area contributed by atoms with Crippen LogP contribution in [0.5, 0.6) is 0 Å². The first-order valence-corrected chi connectivity index (χ1v) is 12.7. The molecule has 0 aromatic carbocycles. The zero-order valence-corrected chi connectivity index (χ0v) is 20.8. The molecule has 0 atom stereocenters. The Morgan fingerprint density at radius 1 is 0.514 bits per heavy atom. The summed E-state index contributed by atoms with van der Waals surface area (Å²) >= 11 is 0. The molecule has 1 rings (SSSR count). The van der Waals surface area contributed by atoms with Gasteiger partial charge >= 0.3 is 23.9 Å². The lowest BCUT2D eigenvalue weighted by Gasteiger charge is -2.28. The average molecular weight is 502 g/mol. The summed E-state index contributed by atoms with van der Waals surface area (Å²) in [6.07, 6.45) is 12.1. The molecule has 0 bridgehead atoms. The summed E-state index contributed by atoms with van der Waals surface area (Å²) in [5, 5.41) is 36.5. The Hall–Kier alpha value is -2.24. The van der Waals surface area contributed by atoms with Gasteiger partial charge < -0.3 is 20.4 Å². The van der Waals surface area contributed by atoms with Crippen molar-refractivity contribution in [2.75, 3.05) is 58.9 Å².